The molecule has 0 saturated carbocycles. The van der Waals surface area contributed by atoms with E-state index in [-0.39, 0.29) is 17.0 Å². The van der Waals surface area contributed by atoms with Crippen molar-refractivity contribution in [2.75, 3.05) is 19.1 Å². The van der Waals surface area contributed by atoms with Crippen LogP contribution in [-0.4, -0.2) is 31.0 Å². The first-order valence-electron chi connectivity index (χ1n) is 10.7. The molecule has 3 aromatic carbocycles. The molecule has 8 heteroatoms. The third-order valence-corrected chi connectivity index (χ3v) is 5.90. The highest BCUT2D eigenvalue weighted by Crippen LogP contribution is 2.43. The van der Waals surface area contributed by atoms with Gasteiger partial charge in [-0.25, -0.2) is 4.39 Å². The van der Waals surface area contributed by atoms with E-state index in [1.807, 2.05) is 0 Å². The molecule has 4 aromatic rings. The summed E-state index contributed by atoms with van der Waals surface area (Å²) in [6.07, 6.45) is 0. The molecule has 1 aliphatic rings. The van der Waals surface area contributed by atoms with Crippen LogP contribution in [0.5, 0.6) is 11.5 Å². The fourth-order valence-corrected chi connectivity index (χ4v) is 4.30. The molecule has 0 radical (unpaired) electrons. The summed E-state index contributed by atoms with van der Waals surface area (Å²) in [5, 5.41) is 11.5. The third-order valence-electron chi connectivity index (χ3n) is 5.90. The second-order valence-corrected chi connectivity index (χ2v) is 7.91. The molecule has 7 nitrogen and oxygen atoms in total. The number of carbonyl (C=O) groups excluding carboxylic acids is 2. The van der Waals surface area contributed by atoms with Gasteiger partial charge in [-0.05, 0) is 48.0 Å². The van der Waals surface area contributed by atoms with Gasteiger partial charge in [-0.2, -0.15) is 0 Å². The number of methoxy groups -OCH3 is 2. The van der Waals surface area contributed by atoms with Crippen LogP contribution in [0.3, 0.4) is 0 Å². The quantitative estimate of drug-likeness (QED) is 0.379. The van der Waals surface area contributed by atoms with E-state index in [9.17, 15) is 19.1 Å². The number of furan rings is 1. The van der Waals surface area contributed by atoms with E-state index in [1.54, 1.807) is 42.5 Å². The average Bonchev–Trinajstić information content (AvgIpc) is 3.43. The Labute approximate surface area is 199 Å². The van der Waals surface area contributed by atoms with Crippen molar-refractivity contribution in [2.24, 2.45) is 0 Å². The number of hydrogen-bond donors (Lipinski definition) is 1. The summed E-state index contributed by atoms with van der Waals surface area (Å²) in [5.41, 5.74) is 0.847. The van der Waals surface area contributed by atoms with Crippen LogP contribution < -0.4 is 14.4 Å². The number of hydrogen-bond acceptors (Lipinski definition) is 6. The maximum atomic E-state index is 14.1. The van der Waals surface area contributed by atoms with Gasteiger partial charge < -0.3 is 19.0 Å². The van der Waals surface area contributed by atoms with Gasteiger partial charge in [0.05, 0.1) is 25.8 Å². The molecule has 1 N–H and O–H groups in total. The molecule has 0 bridgehead atoms. The Morgan fingerprint density at radius 1 is 1.00 bits per heavy atom. The van der Waals surface area contributed by atoms with E-state index in [2.05, 4.69) is 0 Å². The van der Waals surface area contributed by atoms with Crippen molar-refractivity contribution in [1.82, 2.24) is 0 Å². The van der Waals surface area contributed by atoms with Crippen LogP contribution in [0.15, 0.2) is 88.5 Å². The topological polar surface area (TPSA) is 89.2 Å². The van der Waals surface area contributed by atoms with Crippen LogP contribution in [0.4, 0.5) is 10.1 Å². The van der Waals surface area contributed by atoms with Crippen LogP contribution in [0.1, 0.15) is 22.2 Å². The van der Waals surface area contributed by atoms with E-state index in [0.29, 0.717) is 28.0 Å². The lowest BCUT2D eigenvalue weighted by molar-refractivity contribution is -0.117. The third kappa shape index (κ3) is 3.69. The van der Waals surface area contributed by atoms with Crippen LogP contribution in [-0.2, 0) is 4.79 Å². The first kappa shape index (κ1) is 22.2. The molecule has 176 valence electrons. The number of anilines is 1. The SMILES string of the molecule is COc1cccc(C2C(C(=O)c3cc4cccc(OC)c4o3)=C(O)C(=O)N2c2cccc(F)c2)c1. The number of aliphatic hydroxyl groups excluding tert-OH is 1. The van der Waals surface area contributed by atoms with E-state index < -0.39 is 29.3 Å². The van der Waals surface area contributed by atoms with Gasteiger partial charge in [-0.1, -0.05) is 30.3 Å². The number of para-hydroxylation sites is 1. The Morgan fingerprint density at radius 3 is 2.51 bits per heavy atom. The lowest BCUT2D eigenvalue weighted by Gasteiger charge is -2.27. The predicted octanol–water partition coefficient (Wildman–Crippen LogP) is 5.37. The Bertz CT molecular complexity index is 1500. The molecular weight excluding hydrogens is 453 g/mol. The van der Waals surface area contributed by atoms with Crippen molar-refractivity contribution in [3.8, 4) is 11.5 Å². The van der Waals surface area contributed by atoms with E-state index in [1.165, 1.54) is 43.4 Å². The number of rotatable bonds is 6. The van der Waals surface area contributed by atoms with Crippen LogP contribution in [0.25, 0.3) is 11.0 Å². The molecule has 0 saturated heterocycles. The fourth-order valence-electron chi connectivity index (χ4n) is 4.30. The number of ketones is 1. The van der Waals surface area contributed by atoms with Crippen molar-refractivity contribution in [2.45, 2.75) is 6.04 Å². The smallest absolute Gasteiger partial charge is 0.294 e. The second kappa shape index (κ2) is 8.64. The van der Waals surface area contributed by atoms with E-state index >= 15 is 0 Å². The van der Waals surface area contributed by atoms with E-state index in [0.717, 1.165) is 6.07 Å². The van der Waals surface area contributed by atoms with Gasteiger partial charge >= 0.3 is 0 Å². The Hall–Kier alpha value is -4.59. The Kier molecular flexibility index (Phi) is 5.49. The minimum atomic E-state index is -1.05. The van der Waals surface area contributed by atoms with Gasteiger partial charge in [-0.15, -0.1) is 0 Å². The molecule has 0 aliphatic carbocycles. The zero-order valence-electron chi connectivity index (χ0n) is 18.8. The van der Waals surface area contributed by atoms with Gasteiger partial charge in [0.25, 0.3) is 5.91 Å². The molecule has 35 heavy (non-hydrogen) atoms. The number of halogens is 1. The number of Topliss-reactive ketones (excluding diaryl/α,β-unsaturated/α-hetero) is 1. The fraction of sp³-hybridized carbons (Fsp3) is 0.111. The van der Waals surface area contributed by atoms with Crippen LogP contribution in [0, 0.1) is 5.82 Å². The summed E-state index contributed by atoms with van der Waals surface area (Å²) in [7, 11) is 2.98. The zero-order valence-corrected chi connectivity index (χ0v) is 18.8. The lowest BCUT2D eigenvalue weighted by Crippen LogP contribution is -2.31. The molecule has 5 rings (SSSR count). The maximum Gasteiger partial charge on any atom is 0.294 e. The number of aliphatic hydroxyl groups is 1. The maximum absolute atomic E-state index is 14.1. The lowest BCUT2D eigenvalue weighted by atomic mass is 9.94. The number of ether oxygens (including phenoxy) is 2. The highest BCUT2D eigenvalue weighted by molar-refractivity contribution is 6.20. The number of benzene rings is 3. The molecule has 1 amide bonds. The number of nitrogens with zero attached hydrogens (tertiary/aromatic N) is 1. The van der Waals surface area contributed by atoms with Crippen molar-refractivity contribution >= 4 is 28.3 Å². The van der Waals surface area contributed by atoms with Crippen molar-refractivity contribution in [1.29, 1.82) is 0 Å². The van der Waals surface area contributed by atoms with Crippen molar-refractivity contribution in [3.63, 3.8) is 0 Å². The molecule has 1 aromatic heterocycles. The number of carbonyl (C=O) groups is 2. The normalized spacial score (nSPS) is 15.7. The Balaban J connectivity index is 1.68. The molecular formula is C27H20FNO6. The van der Waals surface area contributed by atoms with E-state index in [4.69, 9.17) is 13.9 Å². The summed E-state index contributed by atoms with van der Waals surface area (Å²) in [4.78, 5) is 28.1. The molecule has 0 spiro atoms. The van der Waals surface area contributed by atoms with Gasteiger partial charge in [0.1, 0.15) is 11.6 Å². The van der Waals surface area contributed by atoms with Gasteiger partial charge in [-0.3, -0.25) is 14.5 Å². The average molecular weight is 473 g/mol. The molecule has 1 atom stereocenters. The summed E-state index contributed by atoms with van der Waals surface area (Å²) >= 11 is 0. The minimum absolute atomic E-state index is 0.0761. The van der Waals surface area contributed by atoms with Crippen LogP contribution in [0.2, 0.25) is 0 Å². The standard InChI is InChI=1S/C27H20FNO6/c1-33-19-10-3-6-15(12-19)23-22(25(31)27(32)29(23)18-9-5-8-17(28)14-18)24(30)21-13-16-7-4-11-20(34-2)26(16)35-21/h3-14,23,31H,1-2H3. The predicted molar refractivity (Wildman–Crippen MR) is 126 cm³/mol. The molecule has 2 heterocycles. The molecule has 0 fully saturated rings. The highest BCUT2D eigenvalue weighted by Gasteiger charge is 2.45. The van der Waals surface area contributed by atoms with Crippen LogP contribution >= 0.6 is 0 Å². The van der Waals surface area contributed by atoms with Gasteiger partial charge in [0.15, 0.2) is 22.9 Å². The first-order chi connectivity index (χ1) is 16.9. The summed E-state index contributed by atoms with van der Waals surface area (Å²) in [6, 6.07) is 17.8. The van der Waals surface area contributed by atoms with Gasteiger partial charge in [0, 0.05) is 11.1 Å². The monoisotopic (exact) mass is 473 g/mol. The first-order valence-corrected chi connectivity index (χ1v) is 10.7. The number of amides is 1. The Morgan fingerprint density at radius 2 is 1.77 bits per heavy atom. The van der Waals surface area contributed by atoms with Gasteiger partial charge in [0.2, 0.25) is 5.78 Å². The molecule has 1 unspecified atom stereocenters. The summed E-state index contributed by atoms with van der Waals surface area (Å²) in [6.45, 7) is 0. The highest BCUT2D eigenvalue weighted by atomic mass is 19.1. The minimum Gasteiger partial charge on any atom is -0.503 e. The summed E-state index contributed by atoms with van der Waals surface area (Å²) < 4.78 is 30.5. The summed E-state index contributed by atoms with van der Waals surface area (Å²) in [5.74, 6) is -1.97. The second-order valence-electron chi connectivity index (χ2n) is 7.91. The number of fused-ring (bicyclic) bond motifs is 1. The molecule has 1 aliphatic heterocycles. The van der Waals surface area contributed by atoms with Crippen molar-refractivity contribution in [3.05, 3.63) is 101 Å². The zero-order chi connectivity index (χ0) is 24.7. The van der Waals surface area contributed by atoms with Crippen molar-refractivity contribution < 1.29 is 33.0 Å². The largest absolute Gasteiger partial charge is 0.503 e.